The van der Waals surface area contributed by atoms with E-state index in [1.807, 2.05) is 6.92 Å². The van der Waals surface area contributed by atoms with Gasteiger partial charge in [-0.25, -0.2) is 4.79 Å². The van der Waals surface area contributed by atoms with Crippen LogP contribution in [0, 0.1) is 0 Å². The first kappa shape index (κ1) is 11.2. The summed E-state index contributed by atoms with van der Waals surface area (Å²) in [4.78, 5) is 10.3. The van der Waals surface area contributed by atoms with E-state index in [1.165, 1.54) is 0 Å². The Kier molecular flexibility index (Phi) is 3.79. The number of nitrogen functional groups attached to an aromatic ring is 1. The van der Waals surface area contributed by atoms with Gasteiger partial charge in [0, 0.05) is 17.8 Å². The number of hydrogen-bond acceptors (Lipinski definition) is 3. The van der Waals surface area contributed by atoms with Gasteiger partial charge in [-0.2, -0.15) is 0 Å². The molecule has 0 fully saturated rings. The van der Waals surface area contributed by atoms with Gasteiger partial charge in [0.05, 0.1) is 6.61 Å². The second kappa shape index (κ2) is 5.09. The van der Waals surface area contributed by atoms with Gasteiger partial charge in [-0.1, -0.05) is 0 Å². The van der Waals surface area contributed by atoms with E-state index < -0.39 is 6.09 Å². The zero-order chi connectivity index (χ0) is 11.3. The average molecular weight is 210 g/mol. The van der Waals surface area contributed by atoms with E-state index in [9.17, 15) is 4.79 Å². The minimum atomic E-state index is -1.07. The summed E-state index contributed by atoms with van der Waals surface area (Å²) in [6.07, 6.45) is -1.07. The van der Waals surface area contributed by atoms with Crippen molar-refractivity contribution in [3.8, 4) is 5.75 Å². The van der Waals surface area contributed by atoms with Crippen molar-refractivity contribution in [2.75, 3.05) is 12.3 Å². The predicted octanol–water partition coefficient (Wildman–Crippen LogP) is 1.44. The second-order valence-corrected chi connectivity index (χ2v) is 2.96. The molecule has 0 spiro atoms. The van der Waals surface area contributed by atoms with Gasteiger partial charge >= 0.3 is 6.09 Å². The monoisotopic (exact) mass is 210 g/mol. The molecule has 0 saturated heterocycles. The molecule has 0 bridgehead atoms. The van der Waals surface area contributed by atoms with Crippen LogP contribution in [0.25, 0.3) is 0 Å². The Hall–Kier alpha value is -1.91. The summed E-state index contributed by atoms with van der Waals surface area (Å²) >= 11 is 0. The molecule has 0 atom stereocenters. The summed E-state index contributed by atoms with van der Waals surface area (Å²) in [6, 6.07) is 5.15. The highest BCUT2D eigenvalue weighted by molar-refractivity contribution is 5.64. The van der Waals surface area contributed by atoms with Gasteiger partial charge in [-0.3, -0.25) is 0 Å². The van der Waals surface area contributed by atoms with Gasteiger partial charge in [0.1, 0.15) is 5.75 Å². The largest absolute Gasteiger partial charge is 0.494 e. The lowest BCUT2D eigenvalue weighted by atomic mass is 10.2. The van der Waals surface area contributed by atoms with Gasteiger partial charge in [-0.05, 0) is 25.1 Å². The molecule has 1 rings (SSSR count). The molecule has 5 heteroatoms. The van der Waals surface area contributed by atoms with Gasteiger partial charge < -0.3 is 20.9 Å². The molecular weight excluding hydrogens is 196 g/mol. The number of rotatable bonds is 4. The Morgan fingerprint density at radius 3 is 2.93 bits per heavy atom. The maximum atomic E-state index is 10.3. The van der Waals surface area contributed by atoms with Crippen molar-refractivity contribution < 1.29 is 14.6 Å². The number of anilines is 1. The Bertz CT molecular complexity index is 353. The highest BCUT2D eigenvalue weighted by Crippen LogP contribution is 2.21. The minimum absolute atomic E-state index is 0.190. The van der Waals surface area contributed by atoms with Crippen molar-refractivity contribution in [1.82, 2.24) is 5.32 Å². The summed E-state index contributed by atoms with van der Waals surface area (Å²) in [5.74, 6) is 0.653. The third kappa shape index (κ3) is 3.38. The molecule has 1 amide bonds. The van der Waals surface area contributed by atoms with Crippen molar-refractivity contribution in [2.45, 2.75) is 13.5 Å². The molecule has 0 unspecified atom stereocenters. The molecule has 0 aliphatic carbocycles. The van der Waals surface area contributed by atoms with Crippen LogP contribution >= 0.6 is 0 Å². The van der Waals surface area contributed by atoms with Crippen LogP contribution in [0.4, 0.5) is 10.5 Å². The molecule has 1 aromatic rings. The molecule has 1 aromatic carbocycles. The van der Waals surface area contributed by atoms with E-state index in [2.05, 4.69) is 5.32 Å². The van der Waals surface area contributed by atoms with Crippen LogP contribution in [0.1, 0.15) is 12.5 Å². The predicted molar refractivity (Wildman–Crippen MR) is 56.9 cm³/mol. The first-order chi connectivity index (χ1) is 7.13. The van der Waals surface area contributed by atoms with E-state index in [0.717, 1.165) is 5.56 Å². The van der Waals surface area contributed by atoms with E-state index in [-0.39, 0.29) is 6.54 Å². The molecule has 0 radical (unpaired) electrons. The summed E-state index contributed by atoms with van der Waals surface area (Å²) in [6.45, 7) is 2.59. The van der Waals surface area contributed by atoms with Crippen LogP contribution in [0.3, 0.4) is 0 Å². The quantitative estimate of drug-likeness (QED) is 0.656. The fraction of sp³-hybridized carbons (Fsp3) is 0.300. The van der Waals surface area contributed by atoms with Crippen LogP contribution in [-0.2, 0) is 6.54 Å². The first-order valence-corrected chi connectivity index (χ1v) is 4.61. The lowest BCUT2D eigenvalue weighted by Crippen LogP contribution is -2.20. The molecule has 82 valence electrons. The van der Waals surface area contributed by atoms with Gasteiger partial charge in [0.25, 0.3) is 0 Å². The summed E-state index contributed by atoms with van der Waals surface area (Å²) in [7, 11) is 0. The SMILES string of the molecule is CCOc1ccc(N)cc1CNC(=O)O. The Balaban J connectivity index is 2.81. The van der Waals surface area contributed by atoms with Crippen molar-refractivity contribution in [3.63, 3.8) is 0 Å². The van der Waals surface area contributed by atoms with Crippen molar-refractivity contribution >= 4 is 11.8 Å². The molecule has 5 nitrogen and oxygen atoms in total. The van der Waals surface area contributed by atoms with E-state index in [4.69, 9.17) is 15.6 Å². The summed E-state index contributed by atoms with van der Waals surface area (Å²) in [5, 5.41) is 10.8. The first-order valence-electron chi connectivity index (χ1n) is 4.61. The van der Waals surface area contributed by atoms with Crippen LogP contribution < -0.4 is 15.8 Å². The van der Waals surface area contributed by atoms with Gasteiger partial charge in [0.2, 0.25) is 0 Å². The van der Waals surface area contributed by atoms with Crippen molar-refractivity contribution in [1.29, 1.82) is 0 Å². The van der Waals surface area contributed by atoms with Crippen LogP contribution in [0.2, 0.25) is 0 Å². The normalized spacial score (nSPS) is 9.67. The molecule has 15 heavy (non-hydrogen) atoms. The Morgan fingerprint density at radius 2 is 2.33 bits per heavy atom. The summed E-state index contributed by atoms with van der Waals surface area (Å²) < 4.78 is 5.34. The number of ether oxygens (including phenoxy) is 1. The van der Waals surface area contributed by atoms with Crippen LogP contribution in [0.5, 0.6) is 5.75 Å². The van der Waals surface area contributed by atoms with E-state index in [0.29, 0.717) is 18.0 Å². The summed E-state index contributed by atoms with van der Waals surface area (Å²) in [5.41, 5.74) is 6.92. The molecule has 0 aliphatic heterocycles. The molecule has 0 heterocycles. The third-order valence-corrected chi connectivity index (χ3v) is 1.81. The van der Waals surface area contributed by atoms with Crippen molar-refractivity contribution in [3.05, 3.63) is 23.8 Å². The molecule has 0 saturated carbocycles. The fourth-order valence-electron chi connectivity index (χ4n) is 1.20. The smallest absolute Gasteiger partial charge is 0.404 e. The topological polar surface area (TPSA) is 84.6 Å². The van der Waals surface area contributed by atoms with E-state index in [1.54, 1.807) is 18.2 Å². The van der Waals surface area contributed by atoms with Crippen LogP contribution in [-0.4, -0.2) is 17.8 Å². The number of nitrogens with one attached hydrogen (secondary N) is 1. The number of carboxylic acid groups (broad SMARTS) is 1. The molecule has 0 aromatic heterocycles. The number of carbonyl (C=O) groups is 1. The number of hydrogen-bond donors (Lipinski definition) is 3. The van der Waals surface area contributed by atoms with Gasteiger partial charge in [0.15, 0.2) is 0 Å². The Morgan fingerprint density at radius 1 is 1.60 bits per heavy atom. The lowest BCUT2D eigenvalue weighted by Gasteiger charge is -2.10. The second-order valence-electron chi connectivity index (χ2n) is 2.96. The standard InChI is InChI=1S/C10H14N2O3/c1-2-15-9-4-3-8(11)5-7(9)6-12-10(13)14/h3-5,12H,2,6,11H2,1H3,(H,13,14). The van der Waals surface area contributed by atoms with E-state index >= 15 is 0 Å². The van der Waals surface area contributed by atoms with Crippen LogP contribution in [0.15, 0.2) is 18.2 Å². The number of benzene rings is 1. The molecule has 4 N–H and O–H groups in total. The average Bonchev–Trinajstić information content (AvgIpc) is 2.18. The Labute approximate surface area is 87.9 Å². The third-order valence-electron chi connectivity index (χ3n) is 1.81. The maximum Gasteiger partial charge on any atom is 0.404 e. The van der Waals surface area contributed by atoms with Gasteiger partial charge in [-0.15, -0.1) is 0 Å². The lowest BCUT2D eigenvalue weighted by molar-refractivity contribution is 0.194. The zero-order valence-electron chi connectivity index (χ0n) is 8.49. The zero-order valence-corrected chi connectivity index (χ0v) is 8.49. The fourth-order valence-corrected chi connectivity index (χ4v) is 1.20. The van der Waals surface area contributed by atoms with Crippen molar-refractivity contribution in [2.24, 2.45) is 0 Å². The number of nitrogens with two attached hydrogens (primary N) is 1. The highest BCUT2D eigenvalue weighted by Gasteiger charge is 2.05. The molecular formula is C10H14N2O3. The number of amides is 1. The molecule has 0 aliphatic rings. The maximum absolute atomic E-state index is 10.3. The minimum Gasteiger partial charge on any atom is -0.494 e. The highest BCUT2D eigenvalue weighted by atomic mass is 16.5.